The lowest BCUT2D eigenvalue weighted by Gasteiger charge is -2.35. The van der Waals surface area contributed by atoms with Crippen molar-refractivity contribution in [3.63, 3.8) is 0 Å². The number of fused-ring (bicyclic) bond motifs is 1. The van der Waals surface area contributed by atoms with Gasteiger partial charge in [0.1, 0.15) is 11.6 Å². The van der Waals surface area contributed by atoms with Crippen LogP contribution < -0.4 is 9.64 Å². The van der Waals surface area contributed by atoms with E-state index in [1.54, 1.807) is 7.11 Å². The van der Waals surface area contributed by atoms with Crippen LogP contribution in [0.4, 0.5) is 5.82 Å². The first-order chi connectivity index (χ1) is 9.01. The van der Waals surface area contributed by atoms with E-state index in [9.17, 15) is 0 Å². The second-order valence-electron chi connectivity index (χ2n) is 5.20. The predicted molar refractivity (Wildman–Crippen MR) is 84.6 cm³/mol. The zero-order valence-corrected chi connectivity index (χ0v) is 13.4. The van der Waals surface area contributed by atoms with Crippen molar-refractivity contribution in [2.24, 2.45) is 0 Å². The Hall–Kier alpha value is -1.29. The number of hydrogen-bond acceptors (Lipinski definition) is 3. The Kier molecular flexibility index (Phi) is 3.99. The van der Waals surface area contributed by atoms with E-state index >= 15 is 0 Å². The van der Waals surface area contributed by atoms with Crippen molar-refractivity contribution < 1.29 is 4.74 Å². The van der Waals surface area contributed by atoms with E-state index in [2.05, 4.69) is 52.8 Å². The van der Waals surface area contributed by atoms with Gasteiger partial charge in [0, 0.05) is 34.9 Å². The SMILES string of the molecule is COc1cccc2c(N(C)C(C)(C)CBr)nccc12. The summed E-state index contributed by atoms with van der Waals surface area (Å²) >= 11 is 3.57. The van der Waals surface area contributed by atoms with Crippen LogP contribution >= 0.6 is 15.9 Å². The van der Waals surface area contributed by atoms with Gasteiger partial charge in [0.25, 0.3) is 0 Å². The number of halogens is 1. The highest BCUT2D eigenvalue weighted by Gasteiger charge is 2.24. The van der Waals surface area contributed by atoms with E-state index in [4.69, 9.17) is 4.74 Å². The number of pyridine rings is 1. The molecule has 0 unspecified atom stereocenters. The lowest BCUT2D eigenvalue weighted by Crippen LogP contribution is -2.43. The van der Waals surface area contributed by atoms with Crippen molar-refractivity contribution in [1.29, 1.82) is 0 Å². The second-order valence-corrected chi connectivity index (χ2v) is 5.76. The normalized spacial score (nSPS) is 11.6. The average Bonchev–Trinajstić information content (AvgIpc) is 2.45. The molecule has 0 radical (unpaired) electrons. The summed E-state index contributed by atoms with van der Waals surface area (Å²) in [6.07, 6.45) is 1.83. The minimum absolute atomic E-state index is 0.00956. The number of nitrogens with zero attached hydrogens (tertiary/aromatic N) is 2. The maximum atomic E-state index is 5.42. The molecule has 1 heterocycles. The molecule has 0 bridgehead atoms. The predicted octanol–water partition coefficient (Wildman–Crippen LogP) is 3.85. The van der Waals surface area contributed by atoms with Crippen molar-refractivity contribution in [2.75, 3.05) is 24.4 Å². The second kappa shape index (κ2) is 5.37. The molecule has 0 aliphatic rings. The summed E-state index contributed by atoms with van der Waals surface area (Å²) < 4.78 is 5.42. The van der Waals surface area contributed by atoms with Crippen LogP contribution in [-0.2, 0) is 0 Å². The van der Waals surface area contributed by atoms with E-state index < -0.39 is 0 Å². The fourth-order valence-corrected chi connectivity index (χ4v) is 2.36. The van der Waals surface area contributed by atoms with E-state index in [0.29, 0.717) is 0 Å². The van der Waals surface area contributed by atoms with Crippen molar-refractivity contribution >= 4 is 32.5 Å². The Balaban J connectivity index is 2.62. The molecule has 0 fully saturated rings. The van der Waals surface area contributed by atoms with Crippen LogP contribution in [-0.4, -0.2) is 30.0 Å². The van der Waals surface area contributed by atoms with E-state index in [1.165, 1.54) is 0 Å². The first kappa shape index (κ1) is 14.1. The standard InChI is InChI=1S/C15H19BrN2O/c1-15(2,10-16)18(3)14-12-6-5-7-13(19-4)11(12)8-9-17-14/h5-9H,10H2,1-4H3. The number of alkyl halides is 1. The molecule has 3 nitrogen and oxygen atoms in total. The fraction of sp³-hybridized carbons (Fsp3) is 0.400. The first-order valence-corrected chi connectivity index (χ1v) is 7.35. The number of rotatable bonds is 4. The average molecular weight is 323 g/mol. The van der Waals surface area contributed by atoms with Gasteiger partial charge >= 0.3 is 0 Å². The summed E-state index contributed by atoms with van der Waals surface area (Å²) in [4.78, 5) is 6.74. The summed E-state index contributed by atoms with van der Waals surface area (Å²) in [6.45, 7) is 4.37. The highest BCUT2D eigenvalue weighted by atomic mass is 79.9. The van der Waals surface area contributed by atoms with Crippen LogP contribution in [0.3, 0.4) is 0 Å². The molecule has 0 saturated heterocycles. The molecule has 4 heteroatoms. The summed E-state index contributed by atoms with van der Waals surface area (Å²) in [5.41, 5.74) is -0.00956. The van der Waals surface area contributed by atoms with Gasteiger partial charge in [-0.2, -0.15) is 0 Å². The quantitative estimate of drug-likeness (QED) is 0.799. The highest BCUT2D eigenvalue weighted by Crippen LogP contribution is 2.33. The van der Waals surface area contributed by atoms with Gasteiger partial charge in [0.2, 0.25) is 0 Å². The zero-order valence-electron chi connectivity index (χ0n) is 11.8. The minimum Gasteiger partial charge on any atom is -0.496 e. The third kappa shape index (κ3) is 2.54. The van der Waals surface area contributed by atoms with E-state index in [1.807, 2.05) is 24.4 Å². The Bertz CT molecular complexity index is 583. The fourth-order valence-electron chi connectivity index (χ4n) is 1.98. The molecule has 0 aliphatic heterocycles. The van der Waals surface area contributed by atoms with Gasteiger partial charge in [-0.05, 0) is 26.0 Å². The number of methoxy groups -OCH3 is 1. The lowest BCUT2D eigenvalue weighted by atomic mass is 10.0. The molecule has 0 N–H and O–H groups in total. The largest absolute Gasteiger partial charge is 0.496 e. The van der Waals surface area contributed by atoms with Gasteiger partial charge < -0.3 is 9.64 Å². The van der Waals surface area contributed by atoms with Crippen molar-refractivity contribution in [2.45, 2.75) is 19.4 Å². The molecule has 0 spiro atoms. The van der Waals surface area contributed by atoms with Crippen LogP contribution in [0, 0.1) is 0 Å². The summed E-state index contributed by atoms with van der Waals surface area (Å²) in [5, 5.41) is 3.07. The third-order valence-electron chi connectivity index (χ3n) is 3.52. The van der Waals surface area contributed by atoms with Crippen LogP contribution in [0.2, 0.25) is 0 Å². The van der Waals surface area contributed by atoms with Gasteiger partial charge in [-0.1, -0.05) is 28.1 Å². The lowest BCUT2D eigenvalue weighted by molar-refractivity contribution is 0.420. The Labute approximate surface area is 122 Å². The van der Waals surface area contributed by atoms with Gasteiger partial charge in [-0.25, -0.2) is 4.98 Å². The van der Waals surface area contributed by atoms with Crippen molar-refractivity contribution in [3.05, 3.63) is 30.5 Å². The minimum atomic E-state index is -0.00956. The molecule has 0 aliphatic carbocycles. The van der Waals surface area contributed by atoms with E-state index in [0.717, 1.165) is 27.7 Å². The molecule has 102 valence electrons. The number of anilines is 1. The molecule has 2 rings (SSSR count). The van der Waals surface area contributed by atoms with Crippen LogP contribution in [0.5, 0.6) is 5.75 Å². The maximum absolute atomic E-state index is 5.42. The van der Waals surface area contributed by atoms with E-state index in [-0.39, 0.29) is 5.54 Å². The number of ether oxygens (including phenoxy) is 1. The van der Waals surface area contributed by atoms with Gasteiger partial charge in [0.15, 0.2) is 0 Å². The summed E-state index contributed by atoms with van der Waals surface area (Å²) in [5.74, 6) is 1.85. The number of hydrogen-bond donors (Lipinski definition) is 0. The number of aromatic nitrogens is 1. The van der Waals surface area contributed by atoms with Crippen LogP contribution in [0.25, 0.3) is 10.8 Å². The molecule has 1 aromatic heterocycles. The van der Waals surface area contributed by atoms with Crippen LogP contribution in [0.15, 0.2) is 30.5 Å². The van der Waals surface area contributed by atoms with Crippen molar-refractivity contribution in [3.8, 4) is 5.75 Å². The Morgan fingerprint density at radius 1 is 1.26 bits per heavy atom. The first-order valence-electron chi connectivity index (χ1n) is 6.23. The van der Waals surface area contributed by atoms with Crippen molar-refractivity contribution in [1.82, 2.24) is 4.98 Å². The summed E-state index contributed by atoms with van der Waals surface area (Å²) in [7, 11) is 3.77. The summed E-state index contributed by atoms with van der Waals surface area (Å²) in [6, 6.07) is 8.05. The molecule has 0 amide bonds. The molecule has 19 heavy (non-hydrogen) atoms. The smallest absolute Gasteiger partial charge is 0.136 e. The zero-order chi connectivity index (χ0) is 14.0. The molecular formula is C15H19BrN2O. The Morgan fingerprint density at radius 2 is 2.00 bits per heavy atom. The molecule has 0 atom stereocenters. The highest BCUT2D eigenvalue weighted by molar-refractivity contribution is 9.09. The monoisotopic (exact) mass is 322 g/mol. The molecule has 2 aromatic rings. The number of benzene rings is 1. The van der Waals surface area contributed by atoms with Crippen LogP contribution in [0.1, 0.15) is 13.8 Å². The van der Waals surface area contributed by atoms with Gasteiger partial charge in [-0.15, -0.1) is 0 Å². The third-order valence-corrected chi connectivity index (χ3v) is 4.89. The Morgan fingerprint density at radius 3 is 2.63 bits per heavy atom. The molecule has 0 saturated carbocycles. The van der Waals surface area contributed by atoms with Gasteiger partial charge in [0.05, 0.1) is 7.11 Å². The topological polar surface area (TPSA) is 25.4 Å². The molecular weight excluding hydrogens is 304 g/mol. The molecule has 1 aromatic carbocycles. The van der Waals surface area contributed by atoms with Gasteiger partial charge in [-0.3, -0.25) is 0 Å². The maximum Gasteiger partial charge on any atom is 0.136 e.